The molecule has 0 aromatic carbocycles. The van der Waals surface area contributed by atoms with E-state index in [9.17, 15) is 0 Å². The third-order valence-electron chi connectivity index (χ3n) is 8.26. The predicted molar refractivity (Wildman–Crippen MR) is 111 cm³/mol. The first kappa shape index (κ1) is 17.6. The third-order valence-corrected chi connectivity index (χ3v) is 8.26. The highest BCUT2D eigenvalue weighted by Gasteiger charge is 2.53. The average molecular weight is 381 g/mol. The maximum absolute atomic E-state index is 4.84. The standard InChI is InChI=1S/C24H36N4/c1-2-9-18(10-3-1)22-21(17-7-4-5-8-17)23(24-25-15-16-26-24)28(20-13-14-20)27(22)19-11-6-12-19/h15-20,23H,1-14H2,(H,25,26). The maximum Gasteiger partial charge on any atom is 0.129 e. The van der Waals surface area contributed by atoms with Crippen molar-refractivity contribution in [3.05, 3.63) is 29.5 Å². The van der Waals surface area contributed by atoms with Crippen molar-refractivity contribution in [2.45, 2.75) is 108 Å². The van der Waals surface area contributed by atoms with Gasteiger partial charge in [-0.3, -0.25) is 0 Å². The normalized spacial score (nSPS) is 31.1. The predicted octanol–water partition coefficient (Wildman–Crippen LogP) is 5.72. The summed E-state index contributed by atoms with van der Waals surface area (Å²) in [6.07, 6.45) is 23.7. The Labute approximate surface area is 169 Å². The van der Waals surface area contributed by atoms with Crippen LogP contribution in [0.1, 0.15) is 102 Å². The highest BCUT2D eigenvalue weighted by Crippen LogP contribution is 2.56. The maximum atomic E-state index is 4.84. The van der Waals surface area contributed by atoms with E-state index in [1.54, 1.807) is 11.3 Å². The SMILES string of the molecule is c1c[nH]c(C2C(C3CCCC3)=C(C3CCCCC3)N(C3CCC3)N2C2CC2)n1. The highest BCUT2D eigenvalue weighted by molar-refractivity contribution is 5.34. The number of hydrogen-bond donors (Lipinski definition) is 1. The lowest BCUT2D eigenvalue weighted by Gasteiger charge is -2.46. The molecule has 4 saturated carbocycles. The van der Waals surface area contributed by atoms with Crippen molar-refractivity contribution >= 4 is 0 Å². The van der Waals surface area contributed by atoms with Crippen LogP contribution in [0, 0.1) is 11.8 Å². The number of nitrogens with one attached hydrogen (secondary N) is 1. The number of hydrazine groups is 1. The molecule has 0 spiro atoms. The van der Waals surface area contributed by atoms with Gasteiger partial charge in [0.05, 0.1) is 0 Å². The van der Waals surface area contributed by atoms with E-state index in [1.165, 1.54) is 95.7 Å². The van der Waals surface area contributed by atoms with Crippen molar-refractivity contribution in [1.29, 1.82) is 0 Å². The first-order valence-corrected chi connectivity index (χ1v) is 12.2. The summed E-state index contributed by atoms with van der Waals surface area (Å²) < 4.78 is 0. The largest absolute Gasteiger partial charge is 0.347 e. The Morgan fingerprint density at radius 2 is 1.46 bits per heavy atom. The van der Waals surface area contributed by atoms with E-state index in [4.69, 9.17) is 4.98 Å². The zero-order valence-electron chi connectivity index (χ0n) is 17.3. The number of allylic oxidation sites excluding steroid dienone is 1. The topological polar surface area (TPSA) is 35.2 Å². The Bertz CT molecular complexity index is 703. The van der Waals surface area contributed by atoms with E-state index < -0.39 is 0 Å². The molecular weight excluding hydrogens is 344 g/mol. The Balaban J connectivity index is 1.49. The molecule has 0 bridgehead atoms. The lowest BCUT2D eigenvalue weighted by molar-refractivity contribution is -0.0720. The van der Waals surface area contributed by atoms with Crippen molar-refractivity contribution in [2.75, 3.05) is 0 Å². The Hall–Kier alpha value is -1.29. The molecule has 1 atom stereocenters. The zero-order chi connectivity index (χ0) is 18.5. The Kier molecular flexibility index (Phi) is 4.51. The minimum Gasteiger partial charge on any atom is -0.347 e. The number of rotatable bonds is 5. The van der Waals surface area contributed by atoms with Gasteiger partial charge in [-0.1, -0.05) is 32.1 Å². The Morgan fingerprint density at radius 3 is 2.07 bits per heavy atom. The number of hydrogen-bond acceptors (Lipinski definition) is 3. The average Bonchev–Trinajstić information content (AvgIpc) is 3.11. The van der Waals surface area contributed by atoms with Gasteiger partial charge in [0, 0.05) is 36.1 Å². The van der Waals surface area contributed by atoms with Gasteiger partial charge in [-0.2, -0.15) is 0 Å². The fraction of sp³-hybridized carbons (Fsp3) is 0.792. The van der Waals surface area contributed by atoms with Crippen LogP contribution in [0.25, 0.3) is 0 Å². The minimum atomic E-state index is 0.392. The molecule has 4 fully saturated rings. The second-order valence-electron chi connectivity index (χ2n) is 10.1. The van der Waals surface area contributed by atoms with Crippen LogP contribution in [-0.2, 0) is 0 Å². The molecule has 1 aromatic heterocycles. The molecule has 1 unspecified atom stereocenters. The lowest BCUT2D eigenvalue weighted by atomic mass is 9.80. The summed E-state index contributed by atoms with van der Waals surface area (Å²) in [4.78, 5) is 8.39. The van der Waals surface area contributed by atoms with Crippen molar-refractivity contribution in [3.8, 4) is 0 Å². The van der Waals surface area contributed by atoms with Gasteiger partial charge in [-0.05, 0) is 69.3 Å². The molecule has 5 aliphatic rings. The fourth-order valence-corrected chi connectivity index (χ4v) is 6.57. The van der Waals surface area contributed by atoms with Crippen LogP contribution in [-0.4, -0.2) is 32.1 Å². The molecule has 0 amide bonds. The van der Waals surface area contributed by atoms with Crippen molar-refractivity contribution < 1.29 is 0 Å². The van der Waals surface area contributed by atoms with Crippen molar-refractivity contribution in [2.24, 2.45) is 11.8 Å². The van der Waals surface area contributed by atoms with Gasteiger partial charge in [0.1, 0.15) is 11.9 Å². The summed E-state index contributed by atoms with van der Waals surface area (Å²) in [5, 5.41) is 5.75. The molecule has 2 heterocycles. The quantitative estimate of drug-likeness (QED) is 0.709. The van der Waals surface area contributed by atoms with E-state index in [0.29, 0.717) is 6.04 Å². The molecule has 0 radical (unpaired) electrons. The van der Waals surface area contributed by atoms with E-state index >= 15 is 0 Å². The number of imidazole rings is 1. The molecule has 4 nitrogen and oxygen atoms in total. The van der Waals surface area contributed by atoms with Crippen LogP contribution in [0.4, 0.5) is 0 Å². The summed E-state index contributed by atoms with van der Waals surface area (Å²) in [5.41, 5.74) is 3.60. The molecule has 1 aromatic rings. The molecule has 152 valence electrons. The zero-order valence-corrected chi connectivity index (χ0v) is 17.3. The van der Waals surface area contributed by atoms with Crippen molar-refractivity contribution in [3.63, 3.8) is 0 Å². The van der Waals surface area contributed by atoms with Gasteiger partial charge in [-0.15, -0.1) is 0 Å². The van der Waals surface area contributed by atoms with Crippen LogP contribution < -0.4 is 0 Å². The van der Waals surface area contributed by atoms with E-state index in [-0.39, 0.29) is 0 Å². The van der Waals surface area contributed by atoms with E-state index in [0.717, 1.165) is 23.9 Å². The summed E-state index contributed by atoms with van der Waals surface area (Å²) in [6, 6.07) is 1.89. The first-order valence-electron chi connectivity index (χ1n) is 12.2. The van der Waals surface area contributed by atoms with Gasteiger partial charge >= 0.3 is 0 Å². The molecular formula is C24H36N4. The smallest absolute Gasteiger partial charge is 0.129 e. The van der Waals surface area contributed by atoms with Crippen LogP contribution in [0.15, 0.2) is 23.7 Å². The molecule has 0 saturated heterocycles. The molecule has 1 aliphatic heterocycles. The first-order chi connectivity index (χ1) is 13.9. The molecule has 4 heteroatoms. The number of aromatic amines is 1. The minimum absolute atomic E-state index is 0.392. The molecule has 4 aliphatic carbocycles. The summed E-state index contributed by atoms with van der Waals surface area (Å²) in [6.45, 7) is 0. The second kappa shape index (κ2) is 7.19. The van der Waals surface area contributed by atoms with Gasteiger partial charge in [0.25, 0.3) is 0 Å². The molecule has 6 rings (SSSR count). The fourth-order valence-electron chi connectivity index (χ4n) is 6.57. The van der Waals surface area contributed by atoms with Gasteiger partial charge < -0.3 is 9.99 Å². The van der Waals surface area contributed by atoms with Crippen molar-refractivity contribution in [1.82, 2.24) is 20.0 Å². The molecule has 1 N–H and O–H groups in total. The van der Waals surface area contributed by atoms with Gasteiger partial charge in [0.15, 0.2) is 0 Å². The lowest BCUT2D eigenvalue weighted by Crippen LogP contribution is -2.50. The summed E-state index contributed by atoms with van der Waals surface area (Å²) in [7, 11) is 0. The van der Waals surface area contributed by atoms with Gasteiger partial charge in [-0.25, -0.2) is 9.99 Å². The summed E-state index contributed by atoms with van der Waals surface area (Å²) >= 11 is 0. The monoisotopic (exact) mass is 380 g/mol. The van der Waals surface area contributed by atoms with E-state index in [2.05, 4.69) is 15.0 Å². The number of aromatic nitrogens is 2. The van der Waals surface area contributed by atoms with Crippen LogP contribution in [0.5, 0.6) is 0 Å². The number of nitrogens with zero attached hydrogens (tertiary/aromatic N) is 3. The second-order valence-corrected chi connectivity index (χ2v) is 10.1. The van der Waals surface area contributed by atoms with Crippen LogP contribution in [0.3, 0.4) is 0 Å². The highest BCUT2D eigenvalue weighted by atomic mass is 15.7. The van der Waals surface area contributed by atoms with Crippen LogP contribution >= 0.6 is 0 Å². The van der Waals surface area contributed by atoms with Crippen LogP contribution in [0.2, 0.25) is 0 Å². The van der Waals surface area contributed by atoms with E-state index in [1.807, 2.05) is 12.4 Å². The number of H-pyrrole nitrogens is 1. The third kappa shape index (κ3) is 2.86. The Morgan fingerprint density at radius 1 is 0.750 bits per heavy atom. The summed E-state index contributed by atoms with van der Waals surface area (Å²) in [5.74, 6) is 2.80. The molecule has 28 heavy (non-hydrogen) atoms. The van der Waals surface area contributed by atoms with Gasteiger partial charge in [0.2, 0.25) is 0 Å².